The largest absolute Gasteiger partial charge is 0.748 e. The first kappa shape index (κ1) is 32.8. The number of hydrogen-bond donors (Lipinski definition) is 2. The zero-order valence-corrected chi connectivity index (χ0v) is 26.2. The Balaban J connectivity index is 0.000000817. The molecule has 1 saturated heterocycles. The van der Waals surface area contributed by atoms with Gasteiger partial charge in [0.2, 0.25) is 15.9 Å². The zero-order chi connectivity index (χ0) is 31.2. The Morgan fingerprint density at radius 1 is 1.05 bits per heavy atom. The topological polar surface area (TPSA) is 128 Å². The van der Waals surface area contributed by atoms with Crippen molar-refractivity contribution in [1.82, 2.24) is 9.62 Å². The SMILES string of the molecule is CS(=O)(=O)[O-].C[NH+]1CC=C([C@H](NC(=O)[C@@H]2SCCN2S(=O)(=O)c2ccc(-c3ccccc3F)cc2)c2ccccc2)CC1.[HH]. The van der Waals surface area contributed by atoms with E-state index in [0.717, 1.165) is 30.6 Å². The first-order chi connectivity index (χ1) is 20.3. The van der Waals surface area contributed by atoms with E-state index in [4.69, 9.17) is 13.0 Å². The second-order valence-electron chi connectivity index (χ2n) is 10.3. The van der Waals surface area contributed by atoms with Gasteiger partial charge in [0.15, 0.2) is 0 Å². The summed E-state index contributed by atoms with van der Waals surface area (Å²) in [5.41, 5.74) is 3.12. The molecule has 0 radical (unpaired) electrons. The average molecular weight is 650 g/mol. The molecule has 0 aromatic heterocycles. The maximum atomic E-state index is 14.2. The Kier molecular flexibility index (Phi) is 10.8. The van der Waals surface area contributed by atoms with Crippen molar-refractivity contribution < 1.29 is 36.9 Å². The molecule has 1 fully saturated rings. The second kappa shape index (κ2) is 14.1. The highest BCUT2D eigenvalue weighted by atomic mass is 32.2. The molecule has 5 rings (SSSR count). The number of likely N-dealkylation sites (N-methyl/N-ethyl adjacent to an activating group) is 1. The Bertz CT molecular complexity index is 1670. The van der Waals surface area contributed by atoms with E-state index in [1.54, 1.807) is 30.3 Å². The number of quaternary nitrogens is 1. The van der Waals surface area contributed by atoms with Gasteiger partial charge in [0.25, 0.3) is 0 Å². The lowest BCUT2D eigenvalue weighted by molar-refractivity contribution is -0.874. The minimum absolute atomic E-state index is 0. The molecule has 43 heavy (non-hydrogen) atoms. The normalized spacial score (nSPS) is 20.0. The fraction of sp³-hybridized carbons (Fsp3) is 0.300. The van der Waals surface area contributed by atoms with Gasteiger partial charge in [-0.3, -0.25) is 4.79 Å². The van der Waals surface area contributed by atoms with Crippen molar-refractivity contribution in [1.29, 1.82) is 0 Å². The molecule has 2 aliphatic heterocycles. The van der Waals surface area contributed by atoms with Gasteiger partial charge in [-0.2, -0.15) is 4.31 Å². The number of nitrogens with one attached hydrogen (secondary N) is 2. The smallest absolute Gasteiger partial charge is 0.249 e. The standard InChI is InChI=1S/C29H30FN3O3S2.CH4O3S.H2/c1-32-17-15-23(16-18-32)27(22-7-3-2-4-8-22)31-28(34)29-33(19-20-37-29)38(35,36)24-13-11-21(12-14-24)25-9-5-6-10-26(25)30;1-5(2,3)4;/h2-15,27,29H,16-20H2,1H3,(H,31,34);1H3,(H,2,3,4);1H/t27-,29+;;/m1../s1. The van der Waals surface area contributed by atoms with E-state index in [9.17, 15) is 17.6 Å². The lowest BCUT2D eigenvalue weighted by Crippen LogP contribution is -3.09. The van der Waals surface area contributed by atoms with Crippen LogP contribution in [0.1, 0.15) is 19.5 Å². The maximum Gasteiger partial charge on any atom is 0.249 e. The fourth-order valence-corrected chi connectivity index (χ4v) is 8.01. The summed E-state index contributed by atoms with van der Waals surface area (Å²) in [6.07, 6.45) is 3.65. The minimum atomic E-state index is -3.93. The van der Waals surface area contributed by atoms with E-state index >= 15 is 0 Å². The lowest BCUT2D eigenvalue weighted by Gasteiger charge is -2.29. The van der Waals surface area contributed by atoms with E-state index in [2.05, 4.69) is 18.4 Å². The van der Waals surface area contributed by atoms with Gasteiger partial charge in [0, 0.05) is 32.0 Å². The van der Waals surface area contributed by atoms with Crippen LogP contribution in [0.2, 0.25) is 0 Å². The summed E-state index contributed by atoms with van der Waals surface area (Å²) >= 11 is 1.33. The molecule has 2 aliphatic rings. The number of thioether (sulfide) groups is 1. The molecule has 232 valence electrons. The fourth-order valence-electron chi connectivity index (χ4n) is 4.92. The van der Waals surface area contributed by atoms with E-state index in [1.165, 1.54) is 39.2 Å². The molecule has 13 heteroatoms. The van der Waals surface area contributed by atoms with Crippen molar-refractivity contribution in [3.8, 4) is 11.1 Å². The van der Waals surface area contributed by atoms with Crippen LogP contribution in [0.5, 0.6) is 0 Å². The number of halogens is 1. The first-order valence-corrected chi connectivity index (χ1v) is 17.9. The molecule has 0 bridgehead atoms. The van der Waals surface area contributed by atoms with E-state index < -0.39 is 25.5 Å². The highest BCUT2D eigenvalue weighted by Gasteiger charge is 2.41. The number of hydrogen-bond acceptors (Lipinski definition) is 7. The van der Waals surface area contributed by atoms with Gasteiger partial charge in [-0.25, -0.2) is 21.2 Å². The van der Waals surface area contributed by atoms with Gasteiger partial charge in [0.05, 0.1) is 41.2 Å². The summed E-state index contributed by atoms with van der Waals surface area (Å²) < 4.78 is 69.9. The summed E-state index contributed by atoms with van der Waals surface area (Å²) in [4.78, 5) is 15.1. The van der Waals surface area contributed by atoms with Crippen molar-refractivity contribution in [2.45, 2.75) is 22.7 Å². The van der Waals surface area contributed by atoms with Crippen LogP contribution in [0.15, 0.2) is 95.4 Å². The molecular formula is C30H36FN3O6S3. The van der Waals surface area contributed by atoms with Crippen molar-refractivity contribution >= 4 is 37.8 Å². The van der Waals surface area contributed by atoms with Gasteiger partial charge in [0.1, 0.15) is 11.2 Å². The van der Waals surface area contributed by atoms with Crippen LogP contribution in [-0.4, -0.2) is 75.7 Å². The number of rotatable bonds is 7. The van der Waals surface area contributed by atoms with Crippen molar-refractivity contribution in [3.63, 3.8) is 0 Å². The molecule has 3 atom stereocenters. The second-order valence-corrected chi connectivity index (χ2v) is 14.8. The van der Waals surface area contributed by atoms with Crippen LogP contribution in [-0.2, 0) is 24.9 Å². The zero-order valence-electron chi connectivity index (χ0n) is 23.8. The van der Waals surface area contributed by atoms with Crippen LogP contribution in [0.25, 0.3) is 11.1 Å². The van der Waals surface area contributed by atoms with Crippen molar-refractivity contribution in [2.75, 3.05) is 38.7 Å². The third kappa shape index (κ3) is 8.74. The predicted octanol–water partition coefficient (Wildman–Crippen LogP) is 2.67. The Morgan fingerprint density at radius 2 is 1.67 bits per heavy atom. The Hall–Kier alpha value is -3.07. The van der Waals surface area contributed by atoms with Crippen LogP contribution < -0.4 is 10.2 Å². The van der Waals surface area contributed by atoms with E-state index in [1.807, 2.05) is 30.3 Å². The van der Waals surface area contributed by atoms with Crippen molar-refractivity contribution in [3.05, 3.63) is 102 Å². The summed E-state index contributed by atoms with van der Waals surface area (Å²) in [6, 6.07) is 22.0. The molecule has 3 aromatic carbocycles. The van der Waals surface area contributed by atoms with Gasteiger partial charge < -0.3 is 14.8 Å². The van der Waals surface area contributed by atoms with Crippen LogP contribution in [0.4, 0.5) is 4.39 Å². The highest BCUT2D eigenvalue weighted by Crippen LogP contribution is 2.33. The molecule has 1 amide bonds. The quantitative estimate of drug-likeness (QED) is 0.298. The molecule has 0 saturated carbocycles. The van der Waals surface area contributed by atoms with Crippen LogP contribution in [0.3, 0.4) is 0 Å². The van der Waals surface area contributed by atoms with Gasteiger partial charge in [-0.05, 0) is 41.0 Å². The van der Waals surface area contributed by atoms with Crippen molar-refractivity contribution in [2.24, 2.45) is 0 Å². The Morgan fingerprint density at radius 3 is 2.28 bits per heavy atom. The summed E-state index contributed by atoms with van der Waals surface area (Å²) in [6.45, 7) is 2.11. The third-order valence-electron chi connectivity index (χ3n) is 7.06. The number of sulfonamides is 1. The molecular weight excluding hydrogens is 614 g/mol. The summed E-state index contributed by atoms with van der Waals surface area (Å²) in [5, 5.41) is 2.30. The number of benzene rings is 3. The molecule has 3 aromatic rings. The molecule has 2 N–H and O–H groups in total. The number of amides is 1. The summed E-state index contributed by atoms with van der Waals surface area (Å²) in [7, 11) is -5.71. The van der Waals surface area contributed by atoms with Gasteiger partial charge in [-0.15, -0.1) is 11.8 Å². The number of carbonyl (C=O) groups excluding carboxylic acids is 1. The number of carbonyl (C=O) groups is 1. The number of nitrogens with zero attached hydrogens (tertiary/aromatic N) is 1. The molecule has 0 aliphatic carbocycles. The molecule has 1 unspecified atom stereocenters. The van der Waals surface area contributed by atoms with Gasteiger partial charge in [-0.1, -0.05) is 60.7 Å². The molecule has 0 spiro atoms. The predicted molar refractivity (Wildman–Crippen MR) is 166 cm³/mol. The average Bonchev–Trinajstić information content (AvgIpc) is 3.48. The minimum Gasteiger partial charge on any atom is -0.748 e. The molecule has 9 nitrogen and oxygen atoms in total. The molecule has 2 heterocycles. The van der Waals surface area contributed by atoms with E-state index in [-0.39, 0.29) is 30.6 Å². The van der Waals surface area contributed by atoms with Gasteiger partial charge >= 0.3 is 0 Å². The monoisotopic (exact) mass is 649 g/mol. The first-order valence-electron chi connectivity index (χ1n) is 13.6. The van der Waals surface area contributed by atoms with Crippen LogP contribution in [0, 0.1) is 5.82 Å². The summed E-state index contributed by atoms with van der Waals surface area (Å²) in [5.74, 6) is -0.165. The highest BCUT2D eigenvalue weighted by molar-refractivity contribution is 8.02. The van der Waals surface area contributed by atoms with Crippen LogP contribution >= 0.6 is 11.8 Å². The maximum absolute atomic E-state index is 14.2. The lowest BCUT2D eigenvalue weighted by atomic mass is 9.94. The third-order valence-corrected chi connectivity index (χ3v) is 10.3. The Labute approximate surface area is 258 Å². The van der Waals surface area contributed by atoms with E-state index in [0.29, 0.717) is 23.1 Å².